The molecule has 1 aliphatic rings. The molecular formula is C13H19ClN4. The van der Waals surface area contributed by atoms with E-state index in [0.717, 1.165) is 43.9 Å². The highest BCUT2D eigenvalue weighted by Gasteiger charge is 2.16. The Morgan fingerprint density at radius 3 is 2.78 bits per heavy atom. The second-order valence-corrected chi connectivity index (χ2v) is 5.16. The fraction of sp³-hybridized carbons (Fsp3) is 0.462. The number of hydrogen-bond donors (Lipinski definition) is 2. The molecule has 1 aromatic rings. The van der Waals surface area contributed by atoms with Crippen molar-refractivity contribution in [3.63, 3.8) is 0 Å². The lowest BCUT2D eigenvalue weighted by molar-refractivity contribution is 0.360. The molecule has 1 aromatic carbocycles. The van der Waals surface area contributed by atoms with Gasteiger partial charge in [-0.15, -0.1) is 0 Å². The van der Waals surface area contributed by atoms with Crippen molar-refractivity contribution >= 4 is 23.1 Å². The summed E-state index contributed by atoms with van der Waals surface area (Å²) in [5.74, 6) is 0.0742. The lowest BCUT2D eigenvalue weighted by Crippen LogP contribution is -2.30. The second kappa shape index (κ2) is 5.59. The van der Waals surface area contributed by atoms with Gasteiger partial charge in [0.05, 0.1) is 0 Å². The van der Waals surface area contributed by atoms with E-state index in [0.29, 0.717) is 5.02 Å². The highest BCUT2D eigenvalue weighted by molar-refractivity contribution is 6.31. The third-order valence-corrected chi connectivity index (χ3v) is 3.54. The fourth-order valence-corrected chi connectivity index (χ4v) is 2.46. The molecule has 0 unspecified atom stereocenters. The third kappa shape index (κ3) is 2.94. The van der Waals surface area contributed by atoms with Gasteiger partial charge in [-0.25, -0.2) is 0 Å². The topological polar surface area (TPSA) is 56.4 Å². The van der Waals surface area contributed by atoms with Crippen molar-refractivity contribution in [2.75, 3.05) is 38.1 Å². The van der Waals surface area contributed by atoms with Crippen molar-refractivity contribution in [1.29, 1.82) is 5.41 Å². The van der Waals surface area contributed by atoms with Crippen LogP contribution in [0.4, 0.5) is 5.69 Å². The highest BCUT2D eigenvalue weighted by Crippen LogP contribution is 2.25. The highest BCUT2D eigenvalue weighted by atomic mass is 35.5. The quantitative estimate of drug-likeness (QED) is 0.634. The Balaban J connectivity index is 2.29. The van der Waals surface area contributed by atoms with Crippen LogP contribution < -0.4 is 10.6 Å². The van der Waals surface area contributed by atoms with Gasteiger partial charge in [0.1, 0.15) is 5.84 Å². The number of nitrogens with zero attached hydrogens (tertiary/aromatic N) is 2. The van der Waals surface area contributed by atoms with Crippen LogP contribution in [-0.2, 0) is 0 Å². The average molecular weight is 267 g/mol. The van der Waals surface area contributed by atoms with Crippen LogP contribution in [0.3, 0.4) is 0 Å². The van der Waals surface area contributed by atoms with E-state index in [1.165, 1.54) is 0 Å². The molecule has 0 amide bonds. The van der Waals surface area contributed by atoms with Gasteiger partial charge < -0.3 is 15.5 Å². The number of rotatable bonds is 2. The van der Waals surface area contributed by atoms with E-state index in [9.17, 15) is 0 Å². The SMILES string of the molecule is CN1CCCN(c2ccc(Cl)cc2C(=N)N)CC1. The minimum atomic E-state index is 0.0742. The fourth-order valence-electron chi connectivity index (χ4n) is 2.29. The van der Waals surface area contributed by atoms with E-state index in [2.05, 4.69) is 16.8 Å². The molecule has 0 saturated carbocycles. The third-order valence-electron chi connectivity index (χ3n) is 3.31. The van der Waals surface area contributed by atoms with E-state index < -0.39 is 0 Å². The van der Waals surface area contributed by atoms with Gasteiger partial charge in [0.2, 0.25) is 0 Å². The van der Waals surface area contributed by atoms with Crippen LogP contribution in [0.15, 0.2) is 18.2 Å². The first-order chi connectivity index (χ1) is 8.58. The molecule has 1 heterocycles. The minimum absolute atomic E-state index is 0.0742. The first-order valence-electron chi connectivity index (χ1n) is 6.15. The summed E-state index contributed by atoms with van der Waals surface area (Å²) in [6, 6.07) is 5.59. The first kappa shape index (κ1) is 13.2. The van der Waals surface area contributed by atoms with Gasteiger partial charge in [-0.3, -0.25) is 5.41 Å². The zero-order chi connectivity index (χ0) is 13.1. The van der Waals surface area contributed by atoms with Gasteiger partial charge in [-0.2, -0.15) is 0 Å². The van der Waals surface area contributed by atoms with Crippen LogP contribution >= 0.6 is 11.6 Å². The molecular weight excluding hydrogens is 248 g/mol. The lowest BCUT2D eigenvalue weighted by Gasteiger charge is -2.25. The molecule has 4 nitrogen and oxygen atoms in total. The molecule has 0 aromatic heterocycles. The van der Waals surface area contributed by atoms with Crippen molar-refractivity contribution in [3.05, 3.63) is 28.8 Å². The minimum Gasteiger partial charge on any atom is -0.384 e. The van der Waals surface area contributed by atoms with Gasteiger partial charge in [0.25, 0.3) is 0 Å². The number of nitrogens with one attached hydrogen (secondary N) is 1. The van der Waals surface area contributed by atoms with Crippen LogP contribution in [0.1, 0.15) is 12.0 Å². The number of likely N-dealkylation sites (N-methyl/N-ethyl adjacent to an activating group) is 1. The molecule has 0 atom stereocenters. The normalized spacial score (nSPS) is 17.6. The van der Waals surface area contributed by atoms with Crippen molar-refractivity contribution in [2.24, 2.45) is 5.73 Å². The van der Waals surface area contributed by atoms with E-state index in [-0.39, 0.29) is 5.84 Å². The van der Waals surface area contributed by atoms with Gasteiger partial charge in [0, 0.05) is 35.9 Å². The predicted molar refractivity (Wildman–Crippen MR) is 76.8 cm³/mol. The molecule has 0 aliphatic carbocycles. The molecule has 3 N–H and O–H groups in total. The van der Waals surface area contributed by atoms with Gasteiger partial charge in [0.15, 0.2) is 0 Å². The Labute approximate surface area is 113 Å². The number of nitrogens with two attached hydrogens (primary N) is 1. The predicted octanol–water partition coefficient (Wildman–Crippen LogP) is 1.77. The molecule has 0 radical (unpaired) electrons. The van der Waals surface area contributed by atoms with E-state index in [1.807, 2.05) is 12.1 Å². The summed E-state index contributed by atoms with van der Waals surface area (Å²) in [5.41, 5.74) is 7.39. The van der Waals surface area contributed by atoms with Crippen molar-refractivity contribution in [2.45, 2.75) is 6.42 Å². The van der Waals surface area contributed by atoms with Crippen LogP contribution in [0, 0.1) is 5.41 Å². The van der Waals surface area contributed by atoms with Crippen molar-refractivity contribution in [1.82, 2.24) is 4.90 Å². The summed E-state index contributed by atoms with van der Waals surface area (Å²) >= 11 is 5.98. The summed E-state index contributed by atoms with van der Waals surface area (Å²) in [7, 11) is 2.14. The van der Waals surface area contributed by atoms with E-state index >= 15 is 0 Å². The largest absolute Gasteiger partial charge is 0.384 e. The van der Waals surface area contributed by atoms with Gasteiger partial charge in [-0.1, -0.05) is 11.6 Å². The summed E-state index contributed by atoms with van der Waals surface area (Å²) < 4.78 is 0. The molecule has 5 heteroatoms. The number of nitrogen functional groups attached to an aromatic ring is 1. The molecule has 98 valence electrons. The zero-order valence-corrected chi connectivity index (χ0v) is 11.4. The van der Waals surface area contributed by atoms with Crippen LogP contribution in [0.5, 0.6) is 0 Å². The van der Waals surface area contributed by atoms with E-state index in [1.54, 1.807) is 6.07 Å². The smallest absolute Gasteiger partial charge is 0.124 e. The van der Waals surface area contributed by atoms with Gasteiger partial charge >= 0.3 is 0 Å². The molecule has 0 spiro atoms. The van der Waals surface area contributed by atoms with Crippen molar-refractivity contribution < 1.29 is 0 Å². The van der Waals surface area contributed by atoms with Crippen LogP contribution in [0.2, 0.25) is 5.02 Å². The number of amidine groups is 1. The number of anilines is 1. The number of halogens is 1. The standard InChI is InChI=1S/C13H19ClN4/c1-17-5-2-6-18(8-7-17)12-4-3-10(14)9-11(12)13(15)16/h3-4,9H,2,5-8H2,1H3,(H3,15,16). The van der Waals surface area contributed by atoms with E-state index in [4.69, 9.17) is 22.7 Å². The molecule has 2 rings (SSSR count). The molecule has 0 bridgehead atoms. The summed E-state index contributed by atoms with van der Waals surface area (Å²) in [6.45, 7) is 4.09. The Morgan fingerprint density at radius 2 is 2.06 bits per heavy atom. The molecule has 18 heavy (non-hydrogen) atoms. The van der Waals surface area contributed by atoms with Gasteiger partial charge in [-0.05, 0) is 38.2 Å². The van der Waals surface area contributed by atoms with Crippen molar-refractivity contribution in [3.8, 4) is 0 Å². The number of benzene rings is 1. The Bertz CT molecular complexity index is 447. The van der Waals surface area contributed by atoms with Crippen LogP contribution in [0.25, 0.3) is 0 Å². The molecule has 1 aliphatic heterocycles. The average Bonchev–Trinajstić information content (AvgIpc) is 2.54. The van der Waals surface area contributed by atoms with Crippen LogP contribution in [-0.4, -0.2) is 44.0 Å². The Hall–Kier alpha value is -1.26. The first-order valence-corrected chi connectivity index (χ1v) is 6.53. The summed E-state index contributed by atoms with van der Waals surface area (Å²) in [6.07, 6.45) is 1.12. The lowest BCUT2D eigenvalue weighted by atomic mass is 10.1. The maximum atomic E-state index is 7.67. The number of hydrogen-bond acceptors (Lipinski definition) is 3. The second-order valence-electron chi connectivity index (χ2n) is 4.72. The monoisotopic (exact) mass is 266 g/mol. The summed E-state index contributed by atoms with van der Waals surface area (Å²) in [4.78, 5) is 4.61. The zero-order valence-electron chi connectivity index (χ0n) is 10.6. The maximum absolute atomic E-state index is 7.67. The molecule has 1 fully saturated rings. The Morgan fingerprint density at radius 1 is 1.28 bits per heavy atom. The maximum Gasteiger partial charge on any atom is 0.124 e. The summed E-state index contributed by atoms with van der Waals surface area (Å²) in [5, 5.41) is 8.29. The Kier molecular flexibility index (Phi) is 4.09. The molecule has 1 saturated heterocycles.